The van der Waals surface area contributed by atoms with Gasteiger partial charge in [0.15, 0.2) is 0 Å². The Hall–Kier alpha value is -0.930. The maximum absolute atomic E-state index is 5.91. The molecule has 1 saturated heterocycles. The van der Waals surface area contributed by atoms with E-state index < -0.39 is 0 Å². The molecular weight excluding hydrogens is 236 g/mol. The molecule has 3 N–H and O–H groups in total. The van der Waals surface area contributed by atoms with Gasteiger partial charge in [-0.25, -0.2) is 0 Å². The van der Waals surface area contributed by atoms with Crippen LogP contribution in [0.25, 0.3) is 0 Å². The van der Waals surface area contributed by atoms with Gasteiger partial charge in [-0.05, 0) is 50.6 Å². The van der Waals surface area contributed by atoms with E-state index in [1.165, 1.54) is 12.8 Å². The van der Waals surface area contributed by atoms with E-state index in [4.69, 9.17) is 10.5 Å². The maximum Gasteiger partial charge on any atom is 0.119 e. The number of nitrogens with one attached hydrogen (secondary N) is 1. The predicted octanol–water partition coefficient (Wildman–Crippen LogP) is 2.46. The molecule has 4 heteroatoms. The Balaban J connectivity index is 0.00000144. The molecule has 0 saturated carbocycles. The second-order valence-corrected chi connectivity index (χ2v) is 4.50. The highest BCUT2D eigenvalue weighted by molar-refractivity contribution is 5.85. The standard InChI is InChI=1S/C13H20N2O.ClH/c1-10(11-3-2-8-15-9-11)16-13-6-4-12(14)5-7-13;/h4-7,10-11,15H,2-3,8-9,14H2,1H3;1H. The van der Waals surface area contributed by atoms with Crippen LogP contribution in [0, 0.1) is 5.92 Å². The van der Waals surface area contributed by atoms with Gasteiger partial charge in [-0.1, -0.05) is 0 Å². The summed E-state index contributed by atoms with van der Waals surface area (Å²) in [7, 11) is 0. The molecule has 1 aromatic rings. The highest BCUT2D eigenvalue weighted by Gasteiger charge is 2.20. The number of benzene rings is 1. The first kappa shape index (κ1) is 14.1. The van der Waals surface area contributed by atoms with Gasteiger partial charge in [-0.3, -0.25) is 0 Å². The summed E-state index contributed by atoms with van der Waals surface area (Å²) in [5, 5.41) is 3.41. The van der Waals surface area contributed by atoms with Gasteiger partial charge in [0.1, 0.15) is 5.75 Å². The molecule has 2 unspecified atom stereocenters. The third-order valence-corrected chi connectivity index (χ3v) is 3.20. The Morgan fingerprint density at radius 1 is 1.35 bits per heavy atom. The van der Waals surface area contributed by atoms with E-state index in [0.29, 0.717) is 5.92 Å². The van der Waals surface area contributed by atoms with Crippen molar-refractivity contribution < 1.29 is 4.74 Å². The van der Waals surface area contributed by atoms with Crippen LogP contribution in [0.1, 0.15) is 19.8 Å². The molecule has 2 rings (SSSR count). The number of nitrogen functional groups attached to an aromatic ring is 1. The Kier molecular flexibility index (Phi) is 5.59. The molecule has 0 bridgehead atoms. The fourth-order valence-electron chi connectivity index (χ4n) is 2.14. The summed E-state index contributed by atoms with van der Waals surface area (Å²) in [5.74, 6) is 1.53. The Morgan fingerprint density at radius 2 is 2.06 bits per heavy atom. The maximum atomic E-state index is 5.91. The van der Waals surface area contributed by atoms with Crippen molar-refractivity contribution in [2.45, 2.75) is 25.9 Å². The minimum atomic E-state index is 0. The lowest BCUT2D eigenvalue weighted by Gasteiger charge is -2.28. The van der Waals surface area contributed by atoms with Crippen molar-refractivity contribution >= 4 is 18.1 Å². The molecule has 0 spiro atoms. The van der Waals surface area contributed by atoms with Crippen molar-refractivity contribution in [1.29, 1.82) is 0 Å². The number of anilines is 1. The SMILES string of the molecule is CC(Oc1ccc(N)cc1)C1CCCNC1.Cl. The number of halogens is 1. The lowest BCUT2D eigenvalue weighted by molar-refractivity contribution is 0.131. The Bertz CT molecular complexity index is 323. The lowest BCUT2D eigenvalue weighted by Crippen LogP contribution is -2.37. The van der Waals surface area contributed by atoms with Gasteiger partial charge in [0.25, 0.3) is 0 Å². The van der Waals surface area contributed by atoms with Gasteiger partial charge in [-0.2, -0.15) is 0 Å². The van der Waals surface area contributed by atoms with E-state index in [1.54, 1.807) is 0 Å². The summed E-state index contributed by atoms with van der Waals surface area (Å²) in [6.45, 7) is 4.36. The second kappa shape index (κ2) is 6.72. The van der Waals surface area contributed by atoms with Gasteiger partial charge >= 0.3 is 0 Å². The van der Waals surface area contributed by atoms with Crippen LogP contribution in [-0.2, 0) is 0 Å². The predicted molar refractivity (Wildman–Crippen MR) is 73.8 cm³/mol. The zero-order valence-electron chi connectivity index (χ0n) is 10.2. The van der Waals surface area contributed by atoms with Crippen LogP contribution >= 0.6 is 12.4 Å². The van der Waals surface area contributed by atoms with E-state index >= 15 is 0 Å². The van der Waals surface area contributed by atoms with Gasteiger partial charge in [0.05, 0.1) is 6.10 Å². The lowest BCUT2D eigenvalue weighted by atomic mass is 9.95. The van der Waals surface area contributed by atoms with Crippen molar-refractivity contribution in [2.24, 2.45) is 5.92 Å². The fourth-order valence-corrected chi connectivity index (χ4v) is 2.14. The third-order valence-electron chi connectivity index (χ3n) is 3.20. The summed E-state index contributed by atoms with van der Waals surface area (Å²) in [4.78, 5) is 0. The average molecular weight is 257 g/mol. The van der Waals surface area contributed by atoms with Gasteiger partial charge in [-0.15, -0.1) is 12.4 Å². The second-order valence-electron chi connectivity index (χ2n) is 4.50. The van der Waals surface area contributed by atoms with Crippen molar-refractivity contribution in [3.05, 3.63) is 24.3 Å². The summed E-state index contributed by atoms with van der Waals surface area (Å²) in [6.07, 6.45) is 2.76. The summed E-state index contributed by atoms with van der Waals surface area (Å²) < 4.78 is 5.91. The van der Waals surface area contributed by atoms with Crippen LogP contribution in [0.2, 0.25) is 0 Å². The number of hydrogen-bond acceptors (Lipinski definition) is 3. The van der Waals surface area contributed by atoms with Crippen molar-refractivity contribution in [3.8, 4) is 5.75 Å². The van der Waals surface area contributed by atoms with Gasteiger partial charge < -0.3 is 15.8 Å². The van der Waals surface area contributed by atoms with Crippen molar-refractivity contribution in [3.63, 3.8) is 0 Å². The molecule has 0 aliphatic carbocycles. The highest BCUT2D eigenvalue weighted by Crippen LogP contribution is 2.21. The van der Waals surface area contributed by atoms with E-state index in [1.807, 2.05) is 24.3 Å². The van der Waals surface area contributed by atoms with E-state index in [9.17, 15) is 0 Å². The normalized spacial score (nSPS) is 21.4. The average Bonchev–Trinajstić information content (AvgIpc) is 2.33. The molecule has 0 radical (unpaired) electrons. The molecular formula is C13H21ClN2O. The van der Waals surface area contributed by atoms with Crippen LogP contribution in [-0.4, -0.2) is 19.2 Å². The molecule has 1 aliphatic rings. The molecule has 17 heavy (non-hydrogen) atoms. The minimum absolute atomic E-state index is 0. The van der Waals surface area contributed by atoms with E-state index in [0.717, 1.165) is 24.5 Å². The molecule has 3 nitrogen and oxygen atoms in total. The van der Waals surface area contributed by atoms with Gasteiger partial charge in [0.2, 0.25) is 0 Å². The molecule has 1 aliphatic heterocycles. The topological polar surface area (TPSA) is 47.3 Å². The first-order chi connectivity index (χ1) is 7.75. The number of ether oxygens (including phenoxy) is 1. The van der Waals surface area contributed by atoms with Crippen LogP contribution in [0.15, 0.2) is 24.3 Å². The summed E-state index contributed by atoms with van der Waals surface area (Å²) in [6, 6.07) is 7.62. The molecule has 2 atom stereocenters. The molecule has 1 aromatic carbocycles. The fraction of sp³-hybridized carbons (Fsp3) is 0.538. The van der Waals surface area contributed by atoms with Crippen molar-refractivity contribution in [2.75, 3.05) is 18.8 Å². The van der Waals surface area contributed by atoms with E-state index in [-0.39, 0.29) is 18.5 Å². The summed E-state index contributed by atoms with van der Waals surface area (Å²) in [5.41, 5.74) is 6.41. The zero-order valence-corrected chi connectivity index (χ0v) is 11.0. The Morgan fingerprint density at radius 3 is 2.65 bits per heavy atom. The van der Waals surface area contributed by atoms with Crippen LogP contribution in [0.5, 0.6) is 5.75 Å². The number of rotatable bonds is 3. The number of nitrogens with two attached hydrogens (primary N) is 1. The number of piperidine rings is 1. The van der Waals surface area contributed by atoms with Crippen LogP contribution in [0.4, 0.5) is 5.69 Å². The largest absolute Gasteiger partial charge is 0.490 e. The highest BCUT2D eigenvalue weighted by atomic mass is 35.5. The van der Waals surface area contributed by atoms with Gasteiger partial charge in [0, 0.05) is 18.2 Å². The molecule has 96 valence electrons. The zero-order chi connectivity index (χ0) is 11.4. The van der Waals surface area contributed by atoms with Crippen LogP contribution in [0.3, 0.4) is 0 Å². The quantitative estimate of drug-likeness (QED) is 0.817. The molecule has 1 fully saturated rings. The first-order valence-electron chi connectivity index (χ1n) is 5.98. The van der Waals surface area contributed by atoms with Crippen molar-refractivity contribution in [1.82, 2.24) is 5.32 Å². The Labute approximate surface area is 109 Å². The number of hydrogen-bond donors (Lipinski definition) is 2. The van der Waals surface area contributed by atoms with Crippen LogP contribution < -0.4 is 15.8 Å². The molecule has 1 heterocycles. The monoisotopic (exact) mass is 256 g/mol. The van der Waals surface area contributed by atoms with E-state index in [2.05, 4.69) is 12.2 Å². The molecule has 0 aromatic heterocycles. The molecule has 0 amide bonds. The smallest absolute Gasteiger partial charge is 0.119 e. The minimum Gasteiger partial charge on any atom is -0.490 e. The summed E-state index contributed by atoms with van der Waals surface area (Å²) >= 11 is 0. The third kappa shape index (κ3) is 4.10. The first-order valence-corrected chi connectivity index (χ1v) is 5.98.